The van der Waals surface area contributed by atoms with Crippen LogP contribution in [0.15, 0.2) is 6.07 Å². The number of rotatable bonds is 2. The Balaban J connectivity index is 2.06. The molecule has 94 valence electrons. The van der Waals surface area contributed by atoms with Crippen molar-refractivity contribution in [2.24, 2.45) is 0 Å². The van der Waals surface area contributed by atoms with E-state index >= 15 is 0 Å². The predicted molar refractivity (Wildman–Crippen MR) is 69.8 cm³/mol. The minimum absolute atomic E-state index is 0.150. The van der Waals surface area contributed by atoms with Crippen molar-refractivity contribution >= 4 is 29.0 Å². The first kappa shape index (κ1) is 12.7. The minimum Gasteiger partial charge on any atom is -0.473 e. The Kier molecular flexibility index (Phi) is 3.97. The van der Waals surface area contributed by atoms with E-state index in [2.05, 4.69) is 16.9 Å². The SMILES string of the molecule is CN1CCC(Oc2nc(N)c(Cl)cc2Cl)CC1. The molecule has 0 bridgehead atoms. The minimum atomic E-state index is 0.150. The number of nitrogens with two attached hydrogens (primary N) is 1. The molecule has 4 nitrogen and oxygen atoms in total. The molecule has 0 radical (unpaired) electrons. The van der Waals surface area contributed by atoms with Crippen molar-refractivity contribution in [3.8, 4) is 5.88 Å². The maximum Gasteiger partial charge on any atom is 0.234 e. The fourth-order valence-electron chi connectivity index (χ4n) is 1.81. The number of pyridine rings is 1. The van der Waals surface area contributed by atoms with E-state index in [9.17, 15) is 0 Å². The fraction of sp³-hybridized carbons (Fsp3) is 0.545. The number of hydrogen-bond donors (Lipinski definition) is 1. The van der Waals surface area contributed by atoms with E-state index in [4.69, 9.17) is 33.7 Å². The van der Waals surface area contributed by atoms with Gasteiger partial charge in [-0.3, -0.25) is 0 Å². The lowest BCUT2D eigenvalue weighted by atomic mass is 10.1. The first-order valence-electron chi connectivity index (χ1n) is 5.53. The number of nitrogen functional groups attached to an aromatic ring is 1. The number of aromatic nitrogens is 1. The number of halogens is 2. The molecule has 0 unspecified atom stereocenters. The predicted octanol–water partition coefficient (Wildman–Crippen LogP) is 2.44. The standard InChI is InChI=1S/C11H15Cl2N3O/c1-16-4-2-7(3-5-16)17-11-9(13)6-8(12)10(14)15-11/h6-7H,2-5H2,1H3,(H2,14,15). The zero-order valence-electron chi connectivity index (χ0n) is 9.62. The monoisotopic (exact) mass is 275 g/mol. The van der Waals surface area contributed by atoms with Gasteiger partial charge in [0.15, 0.2) is 0 Å². The summed E-state index contributed by atoms with van der Waals surface area (Å²) < 4.78 is 5.76. The summed E-state index contributed by atoms with van der Waals surface area (Å²) in [5.74, 6) is 0.627. The normalized spacial score (nSPS) is 18.3. The van der Waals surface area contributed by atoms with Crippen molar-refractivity contribution in [3.05, 3.63) is 16.1 Å². The van der Waals surface area contributed by atoms with Gasteiger partial charge in [-0.15, -0.1) is 0 Å². The van der Waals surface area contributed by atoms with Crippen molar-refractivity contribution in [2.75, 3.05) is 25.9 Å². The number of piperidine rings is 1. The number of likely N-dealkylation sites (tertiary alicyclic amines) is 1. The lowest BCUT2D eigenvalue weighted by molar-refractivity contribution is 0.110. The zero-order valence-corrected chi connectivity index (χ0v) is 11.1. The highest BCUT2D eigenvalue weighted by atomic mass is 35.5. The lowest BCUT2D eigenvalue weighted by Crippen LogP contribution is -2.35. The molecule has 6 heteroatoms. The van der Waals surface area contributed by atoms with Crippen molar-refractivity contribution in [1.29, 1.82) is 0 Å². The van der Waals surface area contributed by atoms with Gasteiger partial charge in [-0.2, -0.15) is 4.98 Å². The molecule has 2 N–H and O–H groups in total. The molecule has 1 aliphatic heterocycles. The van der Waals surface area contributed by atoms with Gasteiger partial charge in [0, 0.05) is 13.1 Å². The highest BCUT2D eigenvalue weighted by molar-refractivity contribution is 6.36. The lowest BCUT2D eigenvalue weighted by Gasteiger charge is -2.29. The van der Waals surface area contributed by atoms with Gasteiger partial charge < -0.3 is 15.4 Å². The summed E-state index contributed by atoms with van der Waals surface area (Å²) >= 11 is 11.8. The van der Waals surface area contributed by atoms with Gasteiger partial charge in [0.05, 0.1) is 5.02 Å². The summed E-state index contributed by atoms with van der Waals surface area (Å²) in [5.41, 5.74) is 5.63. The summed E-state index contributed by atoms with van der Waals surface area (Å²) in [5, 5.41) is 0.758. The molecular formula is C11H15Cl2N3O. The van der Waals surface area contributed by atoms with Gasteiger partial charge in [-0.25, -0.2) is 0 Å². The van der Waals surface area contributed by atoms with Crippen LogP contribution < -0.4 is 10.5 Å². The third kappa shape index (κ3) is 3.15. The second-order valence-corrected chi connectivity index (χ2v) is 5.08. The van der Waals surface area contributed by atoms with E-state index in [0.717, 1.165) is 25.9 Å². The van der Waals surface area contributed by atoms with E-state index in [-0.39, 0.29) is 11.9 Å². The Bertz CT molecular complexity index is 406. The molecule has 0 aliphatic carbocycles. The smallest absolute Gasteiger partial charge is 0.234 e. The molecule has 1 aliphatic rings. The van der Waals surface area contributed by atoms with Gasteiger partial charge in [-0.1, -0.05) is 23.2 Å². The molecular weight excluding hydrogens is 261 g/mol. The van der Waals surface area contributed by atoms with Crippen LogP contribution in [0.5, 0.6) is 5.88 Å². The molecule has 2 rings (SSSR count). The quantitative estimate of drug-likeness (QED) is 0.901. The molecule has 0 spiro atoms. The van der Waals surface area contributed by atoms with Gasteiger partial charge in [0.25, 0.3) is 0 Å². The van der Waals surface area contributed by atoms with Crippen LogP contribution in [0.4, 0.5) is 5.82 Å². The molecule has 2 heterocycles. The van der Waals surface area contributed by atoms with E-state index < -0.39 is 0 Å². The van der Waals surface area contributed by atoms with Crippen molar-refractivity contribution < 1.29 is 4.74 Å². The Morgan fingerprint density at radius 1 is 1.35 bits per heavy atom. The van der Waals surface area contributed by atoms with Crippen LogP contribution in [0.2, 0.25) is 10.0 Å². The Labute approximate surface area is 111 Å². The largest absolute Gasteiger partial charge is 0.473 e. The molecule has 17 heavy (non-hydrogen) atoms. The maximum absolute atomic E-state index is 6.01. The number of ether oxygens (including phenoxy) is 1. The van der Waals surface area contributed by atoms with Crippen LogP contribution in [0.25, 0.3) is 0 Å². The van der Waals surface area contributed by atoms with Crippen LogP contribution in [0, 0.1) is 0 Å². The Morgan fingerprint density at radius 3 is 2.65 bits per heavy atom. The van der Waals surface area contributed by atoms with Crippen molar-refractivity contribution in [1.82, 2.24) is 9.88 Å². The molecule has 1 fully saturated rings. The first-order chi connectivity index (χ1) is 8.06. The first-order valence-corrected chi connectivity index (χ1v) is 6.28. The van der Waals surface area contributed by atoms with Gasteiger partial charge in [0.2, 0.25) is 5.88 Å². The summed E-state index contributed by atoms with van der Waals surface area (Å²) in [6.45, 7) is 2.04. The molecule has 0 amide bonds. The molecule has 0 atom stereocenters. The maximum atomic E-state index is 6.01. The second kappa shape index (κ2) is 5.29. The molecule has 1 aromatic heterocycles. The summed E-state index contributed by atoms with van der Waals surface area (Å²) in [6.07, 6.45) is 2.09. The number of nitrogens with zero attached hydrogens (tertiary/aromatic N) is 2. The Hall–Kier alpha value is -0.710. The van der Waals surface area contributed by atoms with Gasteiger partial charge in [0.1, 0.15) is 16.9 Å². The molecule has 0 saturated carbocycles. The van der Waals surface area contributed by atoms with Crippen LogP contribution in [0.3, 0.4) is 0 Å². The highest BCUT2D eigenvalue weighted by Crippen LogP contribution is 2.30. The zero-order chi connectivity index (χ0) is 12.4. The fourth-order valence-corrected chi connectivity index (χ4v) is 2.21. The highest BCUT2D eigenvalue weighted by Gasteiger charge is 2.20. The topological polar surface area (TPSA) is 51.4 Å². The van der Waals surface area contributed by atoms with E-state index in [1.807, 2.05) is 0 Å². The van der Waals surface area contributed by atoms with Crippen LogP contribution in [-0.2, 0) is 0 Å². The van der Waals surface area contributed by atoms with Gasteiger partial charge in [-0.05, 0) is 26.0 Å². The van der Waals surface area contributed by atoms with Gasteiger partial charge >= 0.3 is 0 Å². The third-order valence-corrected chi connectivity index (χ3v) is 3.44. The second-order valence-electron chi connectivity index (χ2n) is 4.26. The number of hydrogen-bond acceptors (Lipinski definition) is 4. The van der Waals surface area contributed by atoms with E-state index in [1.54, 1.807) is 6.07 Å². The summed E-state index contributed by atoms with van der Waals surface area (Å²) in [6, 6.07) is 1.57. The number of anilines is 1. The van der Waals surface area contributed by atoms with E-state index in [0.29, 0.717) is 15.9 Å². The average Bonchev–Trinajstić information content (AvgIpc) is 2.29. The van der Waals surface area contributed by atoms with Crippen molar-refractivity contribution in [3.63, 3.8) is 0 Å². The van der Waals surface area contributed by atoms with Crippen molar-refractivity contribution in [2.45, 2.75) is 18.9 Å². The third-order valence-electron chi connectivity index (χ3n) is 2.87. The molecule has 1 aromatic rings. The molecule has 1 saturated heterocycles. The Morgan fingerprint density at radius 2 is 2.00 bits per heavy atom. The average molecular weight is 276 g/mol. The molecule has 0 aromatic carbocycles. The summed E-state index contributed by atoms with van der Waals surface area (Å²) in [4.78, 5) is 6.33. The van der Waals surface area contributed by atoms with E-state index in [1.165, 1.54) is 0 Å². The van der Waals surface area contributed by atoms with Crippen LogP contribution in [0.1, 0.15) is 12.8 Å². The van der Waals surface area contributed by atoms with Crippen LogP contribution in [-0.4, -0.2) is 36.1 Å². The van der Waals surface area contributed by atoms with Crippen LogP contribution >= 0.6 is 23.2 Å². The summed E-state index contributed by atoms with van der Waals surface area (Å²) in [7, 11) is 2.10.